The highest BCUT2D eigenvalue weighted by Gasteiger charge is 2.22. The van der Waals surface area contributed by atoms with Crippen LogP contribution in [0.3, 0.4) is 0 Å². The Morgan fingerprint density at radius 2 is 1.48 bits per heavy atom. The van der Waals surface area contributed by atoms with Crippen molar-refractivity contribution in [2.75, 3.05) is 11.4 Å². The van der Waals surface area contributed by atoms with Crippen molar-refractivity contribution >= 4 is 38.0 Å². The number of carbonyl (C=O) groups is 1. The maximum atomic E-state index is 13.4. The van der Waals surface area contributed by atoms with E-state index >= 15 is 0 Å². The highest BCUT2D eigenvalue weighted by Crippen LogP contribution is 2.29. The minimum absolute atomic E-state index is 0.188. The lowest BCUT2D eigenvalue weighted by Gasteiger charge is -2.21. The van der Waals surface area contributed by atoms with Gasteiger partial charge in [0.25, 0.3) is 15.9 Å². The van der Waals surface area contributed by atoms with Crippen LogP contribution in [0, 0.1) is 0 Å². The molecular formula is C26H22N2O4S. The number of anilines is 1. The number of fused-ring (bicyclic) bond motifs is 1. The van der Waals surface area contributed by atoms with Crippen LogP contribution in [-0.2, 0) is 14.8 Å². The molecule has 0 fully saturated rings. The van der Waals surface area contributed by atoms with Gasteiger partial charge in [0.05, 0.1) is 10.6 Å². The summed E-state index contributed by atoms with van der Waals surface area (Å²) in [6, 6.07) is 28.7. The number of amides is 1. The molecule has 4 rings (SSSR count). The average molecular weight is 459 g/mol. The number of benzene rings is 4. The molecule has 6 nitrogen and oxygen atoms in total. The Hall–Kier alpha value is -3.94. The van der Waals surface area contributed by atoms with Crippen LogP contribution >= 0.6 is 0 Å². The van der Waals surface area contributed by atoms with Gasteiger partial charge in [-0.05, 0) is 51.7 Å². The second-order valence-electron chi connectivity index (χ2n) is 7.43. The highest BCUT2D eigenvalue weighted by molar-refractivity contribution is 7.92. The fourth-order valence-electron chi connectivity index (χ4n) is 3.61. The normalized spacial score (nSPS) is 11.9. The number of sulfonamides is 1. The Morgan fingerprint density at radius 3 is 2.21 bits per heavy atom. The van der Waals surface area contributed by atoms with E-state index < -0.39 is 15.9 Å². The Balaban J connectivity index is 1.75. The van der Waals surface area contributed by atoms with Crippen LogP contribution < -0.4 is 9.79 Å². The van der Waals surface area contributed by atoms with Gasteiger partial charge in [0, 0.05) is 13.1 Å². The van der Waals surface area contributed by atoms with Crippen molar-refractivity contribution in [3.05, 3.63) is 114 Å². The van der Waals surface area contributed by atoms with E-state index in [-0.39, 0.29) is 4.90 Å². The standard InChI is InChI=1S/C26H22N2O4S/c1-28(33(31,32)24-15-14-19-8-5-6-11-21(19)17-24)23-13-7-12-22(16-23)25(18-26(29)27-30)20-9-3-2-4-10-20/h2-18,30H,1H3,(H,27,29)/b25-18-. The number of rotatable bonds is 6. The summed E-state index contributed by atoms with van der Waals surface area (Å²) in [7, 11) is -2.33. The zero-order chi connectivity index (χ0) is 23.4. The summed E-state index contributed by atoms with van der Waals surface area (Å²) in [6.07, 6.45) is 1.27. The van der Waals surface area contributed by atoms with Gasteiger partial charge in [0.2, 0.25) is 0 Å². The molecular weight excluding hydrogens is 436 g/mol. The van der Waals surface area contributed by atoms with Gasteiger partial charge in [0.1, 0.15) is 0 Å². The molecule has 0 aliphatic rings. The minimum Gasteiger partial charge on any atom is -0.288 e. The Bertz CT molecular complexity index is 1450. The van der Waals surface area contributed by atoms with Crippen molar-refractivity contribution in [3.8, 4) is 0 Å². The molecule has 0 saturated carbocycles. The molecule has 0 heterocycles. The maximum absolute atomic E-state index is 13.4. The van der Waals surface area contributed by atoms with E-state index in [1.54, 1.807) is 47.9 Å². The van der Waals surface area contributed by atoms with Crippen molar-refractivity contribution < 1.29 is 18.4 Å². The molecule has 0 saturated heterocycles. The molecule has 0 aliphatic heterocycles. The first-order valence-electron chi connectivity index (χ1n) is 10.2. The summed E-state index contributed by atoms with van der Waals surface area (Å²) in [4.78, 5) is 12.1. The summed E-state index contributed by atoms with van der Waals surface area (Å²) < 4.78 is 27.9. The van der Waals surface area contributed by atoms with Crippen molar-refractivity contribution in [3.63, 3.8) is 0 Å². The molecule has 0 atom stereocenters. The molecule has 2 N–H and O–H groups in total. The number of hydrogen-bond donors (Lipinski definition) is 2. The fourth-order valence-corrected chi connectivity index (χ4v) is 4.83. The monoisotopic (exact) mass is 458 g/mol. The van der Waals surface area contributed by atoms with E-state index in [0.29, 0.717) is 16.8 Å². The van der Waals surface area contributed by atoms with Crippen LogP contribution in [0.15, 0.2) is 108 Å². The number of carbonyl (C=O) groups excluding carboxylic acids is 1. The van der Waals surface area contributed by atoms with Crippen molar-refractivity contribution in [2.45, 2.75) is 4.90 Å². The van der Waals surface area contributed by atoms with Gasteiger partial charge in [-0.25, -0.2) is 13.9 Å². The topological polar surface area (TPSA) is 86.7 Å². The van der Waals surface area contributed by atoms with Gasteiger partial charge in [-0.2, -0.15) is 0 Å². The Morgan fingerprint density at radius 1 is 0.818 bits per heavy atom. The number of hydrogen-bond acceptors (Lipinski definition) is 4. The lowest BCUT2D eigenvalue weighted by molar-refractivity contribution is -0.124. The van der Waals surface area contributed by atoms with Gasteiger partial charge >= 0.3 is 0 Å². The molecule has 166 valence electrons. The molecule has 1 amide bonds. The lowest BCUT2D eigenvalue weighted by Crippen LogP contribution is -2.26. The lowest BCUT2D eigenvalue weighted by atomic mass is 9.97. The van der Waals surface area contributed by atoms with Crippen LogP contribution in [0.25, 0.3) is 16.3 Å². The zero-order valence-corrected chi connectivity index (χ0v) is 18.7. The summed E-state index contributed by atoms with van der Waals surface area (Å²) in [5.74, 6) is -0.684. The van der Waals surface area contributed by atoms with Gasteiger partial charge in [-0.1, -0.05) is 72.8 Å². The van der Waals surface area contributed by atoms with E-state index in [4.69, 9.17) is 5.21 Å². The summed E-state index contributed by atoms with van der Waals surface area (Å²) in [6.45, 7) is 0. The van der Waals surface area contributed by atoms with Crippen LogP contribution in [0.4, 0.5) is 5.69 Å². The van der Waals surface area contributed by atoms with Gasteiger partial charge < -0.3 is 0 Å². The number of nitrogens with zero attached hydrogens (tertiary/aromatic N) is 1. The molecule has 0 radical (unpaired) electrons. The van der Waals surface area contributed by atoms with E-state index in [1.165, 1.54) is 17.4 Å². The smallest absolute Gasteiger partial charge is 0.267 e. The zero-order valence-electron chi connectivity index (χ0n) is 17.8. The number of nitrogens with one attached hydrogen (secondary N) is 1. The molecule has 7 heteroatoms. The van der Waals surface area contributed by atoms with Crippen molar-refractivity contribution in [2.24, 2.45) is 0 Å². The largest absolute Gasteiger partial charge is 0.288 e. The van der Waals surface area contributed by atoms with E-state index in [9.17, 15) is 13.2 Å². The quantitative estimate of drug-likeness (QED) is 0.251. The second-order valence-corrected chi connectivity index (χ2v) is 9.40. The van der Waals surface area contributed by atoms with E-state index in [0.717, 1.165) is 16.3 Å². The SMILES string of the molecule is CN(c1cccc(/C(=C\C(=O)NO)c2ccccc2)c1)S(=O)(=O)c1ccc2ccccc2c1. The minimum atomic E-state index is -3.82. The number of hydroxylamine groups is 1. The molecule has 33 heavy (non-hydrogen) atoms. The first kappa shape index (κ1) is 22.3. The van der Waals surface area contributed by atoms with Crippen LogP contribution in [-0.4, -0.2) is 26.6 Å². The Labute approximate surface area is 192 Å². The van der Waals surface area contributed by atoms with Crippen LogP contribution in [0.2, 0.25) is 0 Å². The third kappa shape index (κ3) is 4.64. The molecule has 0 spiro atoms. The molecule has 4 aromatic rings. The predicted octanol–water partition coefficient (Wildman–Crippen LogP) is 4.60. The van der Waals surface area contributed by atoms with E-state index in [2.05, 4.69) is 0 Å². The first-order valence-corrected chi connectivity index (χ1v) is 11.6. The van der Waals surface area contributed by atoms with E-state index in [1.807, 2.05) is 54.6 Å². The summed E-state index contributed by atoms with van der Waals surface area (Å²) in [5.41, 5.74) is 3.97. The summed E-state index contributed by atoms with van der Waals surface area (Å²) >= 11 is 0. The van der Waals surface area contributed by atoms with Crippen LogP contribution in [0.1, 0.15) is 11.1 Å². The van der Waals surface area contributed by atoms with Gasteiger partial charge in [0.15, 0.2) is 0 Å². The molecule has 0 aliphatic carbocycles. The molecule has 0 unspecified atom stereocenters. The van der Waals surface area contributed by atoms with Crippen molar-refractivity contribution in [1.82, 2.24) is 5.48 Å². The molecule has 0 aromatic heterocycles. The third-order valence-electron chi connectivity index (χ3n) is 5.37. The maximum Gasteiger partial charge on any atom is 0.267 e. The summed E-state index contributed by atoms with van der Waals surface area (Å²) in [5, 5.41) is 10.8. The second kappa shape index (κ2) is 9.28. The van der Waals surface area contributed by atoms with Crippen molar-refractivity contribution in [1.29, 1.82) is 0 Å². The Kier molecular flexibility index (Phi) is 6.26. The predicted molar refractivity (Wildman–Crippen MR) is 129 cm³/mol. The third-order valence-corrected chi connectivity index (χ3v) is 7.15. The van der Waals surface area contributed by atoms with Crippen LogP contribution in [0.5, 0.6) is 0 Å². The molecule has 0 bridgehead atoms. The van der Waals surface area contributed by atoms with Gasteiger partial charge in [-0.3, -0.25) is 14.3 Å². The molecule has 4 aromatic carbocycles. The highest BCUT2D eigenvalue weighted by atomic mass is 32.2. The van der Waals surface area contributed by atoms with Gasteiger partial charge in [-0.15, -0.1) is 0 Å². The average Bonchev–Trinajstić information content (AvgIpc) is 2.86. The fraction of sp³-hybridized carbons (Fsp3) is 0.0385. The first-order chi connectivity index (χ1) is 15.9.